The summed E-state index contributed by atoms with van der Waals surface area (Å²) in [6.07, 6.45) is 11.8. The highest BCUT2D eigenvalue weighted by atomic mass is 32.1. The summed E-state index contributed by atoms with van der Waals surface area (Å²) in [4.78, 5) is 33.9. The highest BCUT2D eigenvalue weighted by Gasteiger charge is 2.25. The van der Waals surface area contributed by atoms with Gasteiger partial charge in [-0.1, -0.05) is 6.42 Å². The summed E-state index contributed by atoms with van der Waals surface area (Å²) in [5.74, 6) is 0.811. The van der Waals surface area contributed by atoms with E-state index in [1.807, 2.05) is 23.7 Å². The van der Waals surface area contributed by atoms with Crippen LogP contribution in [-0.4, -0.2) is 41.0 Å². The molecule has 0 aromatic carbocycles. The van der Waals surface area contributed by atoms with Crippen LogP contribution in [0.5, 0.6) is 0 Å². The first-order chi connectivity index (χ1) is 17.7. The van der Waals surface area contributed by atoms with Crippen LogP contribution in [0.15, 0.2) is 59.9 Å². The van der Waals surface area contributed by atoms with Gasteiger partial charge in [0, 0.05) is 41.2 Å². The Balaban J connectivity index is 1.26. The Labute approximate surface area is 209 Å². The van der Waals surface area contributed by atoms with Crippen LogP contribution in [0.3, 0.4) is 0 Å². The molecule has 3 N–H and O–H groups in total. The topological polar surface area (TPSA) is 125 Å². The number of hydrogen-bond donors (Lipinski definition) is 3. The molecule has 1 amide bonds. The van der Waals surface area contributed by atoms with Crippen molar-refractivity contribution >= 4 is 45.0 Å². The summed E-state index contributed by atoms with van der Waals surface area (Å²) in [6.45, 7) is 0. The molecule has 0 unspecified atom stereocenters. The fourth-order valence-corrected chi connectivity index (χ4v) is 5.15. The van der Waals surface area contributed by atoms with Gasteiger partial charge < -0.3 is 10.3 Å². The third-order valence-corrected chi connectivity index (χ3v) is 7.37. The van der Waals surface area contributed by atoms with Crippen molar-refractivity contribution in [2.75, 3.05) is 5.32 Å². The minimum absolute atomic E-state index is 0.0621. The first-order valence-electron chi connectivity index (χ1n) is 11.7. The predicted octanol–water partition coefficient (Wildman–Crippen LogP) is 5.43. The molecule has 6 heterocycles. The van der Waals surface area contributed by atoms with Crippen LogP contribution < -0.4 is 5.32 Å². The van der Waals surface area contributed by atoms with Crippen LogP contribution >= 0.6 is 11.3 Å². The lowest BCUT2D eigenvalue weighted by atomic mass is 9.85. The Morgan fingerprint density at radius 2 is 1.92 bits per heavy atom. The number of anilines is 1. The molecule has 0 radical (unpaired) electrons. The Kier molecular flexibility index (Phi) is 4.84. The van der Waals surface area contributed by atoms with E-state index in [1.165, 1.54) is 0 Å². The highest BCUT2D eigenvalue weighted by molar-refractivity contribution is 7.08. The van der Waals surface area contributed by atoms with Gasteiger partial charge in [-0.25, -0.2) is 9.97 Å². The average molecular weight is 493 g/mol. The molecule has 6 aromatic heterocycles. The molecule has 1 fully saturated rings. The molecule has 1 saturated carbocycles. The summed E-state index contributed by atoms with van der Waals surface area (Å²) in [6, 6.07) is 6.00. The van der Waals surface area contributed by atoms with Crippen LogP contribution in [0.25, 0.3) is 55.8 Å². The molecule has 36 heavy (non-hydrogen) atoms. The number of aromatic nitrogens is 7. The fourth-order valence-electron chi connectivity index (χ4n) is 4.50. The maximum absolute atomic E-state index is 12.4. The number of aromatic amines is 2. The van der Waals surface area contributed by atoms with Crippen LogP contribution in [0, 0.1) is 5.92 Å². The number of thiophene rings is 1. The lowest BCUT2D eigenvalue weighted by Crippen LogP contribution is -2.28. The second-order valence-corrected chi connectivity index (χ2v) is 9.73. The number of imidazole rings is 1. The quantitative estimate of drug-likeness (QED) is 0.295. The van der Waals surface area contributed by atoms with E-state index in [4.69, 9.17) is 4.98 Å². The molecule has 10 heteroatoms. The number of rotatable bonds is 5. The zero-order valence-corrected chi connectivity index (χ0v) is 19.8. The third kappa shape index (κ3) is 3.54. The summed E-state index contributed by atoms with van der Waals surface area (Å²) >= 11 is 1.64. The van der Waals surface area contributed by atoms with E-state index in [2.05, 4.69) is 46.9 Å². The second-order valence-electron chi connectivity index (χ2n) is 8.95. The standard InChI is InChI=1S/C26H20N8OS/c35-26(14-2-1-3-14)30-18-6-16(8-27-10-18)17-7-19-23(33-34-24(19)29-9-17)25-31-21-12-28-11-20(22(21)32-25)15-4-5-36-13-15/h4-14H,1-3H2,(H,30,35)(H,31,32)(H,29,33,34). The average Bonchev–Trinajstić information content (AvgIpc) is 3.61. The molecule has 0 saturated heterocycles. The molecule has 1 aliphatic rings. The number of H-pyrrole nitrogens is 2. The lowest BCUT2D eigenvalue weighted by Gasteiger charge is -2.24. The molecule has 9 nitrogen and oxygen atoms in total. The molecule has 7 rings (SSSR count). The number of fused-ring (bicyclic) bond motifs is 2. The van der Waals surface area contributed by atoms with Crippen molar-refractivity contribution in [2.45, 2.75) is 19.3 Å². The van der Waals surface area contributed by atoms with Gasteiger partial charge in [-0.3, -0.25) is 19.9 Å². The van der Waals surface area contributed by atoms with Crippen molar-refractivity contribution < 1.29 is 4.79 Å². The monoisotopic (exact) mass is 492 g/mol. The molecule has 1 aliphatic carbocycles. The van der Waals surface area contributed by atoms with Gasteiger partial charge in [0.1, 0.15) is 11.2 Å². The molecule has 0 bridgehead atoms. The van der Waals surface area contributed by atoms with E-state index in [9.17, 15) is 4.79 Å². The number of amides is 1. The predicted molar refractivity (Wildman–Crippen MR) is 139 cm³/mol. The van der Waals surface area contributed by atoms with Gasteiger partial charge in [-0.05, 0) is 47.4 Å². The van der Waals surface area contributed by atoms with Crippen molar-refractivity contribution in [3.8, 4) is 33.8 Å². The zero-order chi connectivity index (χ0) is 24.1. The molecule has 0 aliphatic heterocycles. The van der Waals surface area contributed by atoms with Crippen molar-refractivity contribution in [3.05, 3.63) is 59.9 Å². The zero-order valence-electron chi connectivity index (χ0n) is 19.0. The summed E-state index contributed by atoms with van der Waals surface area (Å²) in [5, 5.41) is 15.5. The molecule has 176 valence electrons. The van der Waals surface area contributed by atoms with Gasteiger partial charge in [0.05, 0.1) is 29.0 Å². The first-order valence-corrected chi connectivity index (χ1v) is 12.6. The maximum Gasteiger partial charge on any atom is 0.227 e. The van der Waals surface area contributed by atoms with Crippen molar-refractivity contribution in [1.82, 2.24) is 35.1 Å². The summed E-state index contributed by atoms with van der Waals surface area (Å²) in [5.41, 5.74) is 7.49. The van der Waals surface area contributed by atoms with Gasteiger partial charge in [0.2, 0.25) is 5.91 Å². The van der Waals surface area contributed by atoms with E-state index < -0.39 is 0 Å². The third-order valence-electron chi connectivity index (χ3n) is 6.68. The summed E-state index contributed by atoms with van der Waals surface area (Å²) in [7, 11) is 0. The van der Waals surface area contributed by atoms with Crippen molar-refractivity contribution in [1.29, 1.82) is 0 Å². The van der Waals surface area contributed by atoms with Crippen LogP contribution in [0.1, 0.15) is 19.3 Å². The van der Waals surface area contributed by atoms with E-state index in [0.717, 1.165) is 57.9 Å². The van der Waals surface area contributed by atoms with Crippen LogP contribution in [-0.2, 0) is 4.79 Å². The van der Waals surface area contributed by atoms with E-state index >= 15 is 0 Å². The Bertz CT molecular complexity index is 1730. The summed E-state index contributed by atoms with van der Waals surface area (Å²) < 4.78 is 0. The maximum atomic E-state index is 12.4. The van der Waals surface area contributed by atoms with Crippen molar-refractivity contribution in [2.24, 2.45) is 5.92 Å². The number of pyridine rings is 3. The fraction of sp³-hybridized carbons (Fsp3) is 0.154. The molecule has 0 atom stereocenters. The van der Waals surface area contributed by atoms with Gasteiger partial charge in [-0.15, -0.1) is 0 Å². The van der Waals surface area contributed by atoms with Gasteiger partial charge >= 0.3 is 0 Å². The van der Waals surface area contributed by atoms with Gasteiger partial charge in [-0.2, -0.15) is 16.4 Å². The molecule has 0 spiro atoms. The number of nitrogens with one attached hydrogen (secondary N) is 3. The SMILES string of the molecule is O=C(Nc1cncc(-c2cnc3[nH]nc(-c4nc5c(-c6ccsc6)cncc5[nH]4)c3c2)c1)C1CCC1. The van der Waals surface area contributed by atoms with Crippen molar-refractivity contribution in [3.63, 3.8) is 0 Å². The Morgan fingerprint density at radius 3 is 2.75 bits per heavy atom. The second kappa shape index (κ2) is 8.35. The van der Waals surface area contributed by atoms with Gasteiger partial charge in [0.15, 0.2) is 11.5 Å². The van der Waals surface area contributed by atoms with Crippen LogP contribution in [0.4, 0.5) is 5.69 Å². The van der Waals surface area contributed by atoms with Gasteiger partial charge in [0.25, 0.3) is 0 Å². The number of nitrogens with zero attached hydrogens (tertiary/aromatic N) is 5. The Morgan fingerprint density at radius 1 is 1.03 bits per heavy atom. The number of carbonyl (C=O) groups is 1. The van der Waals surface area contributed by atoms with E-state index in [1.54, 1.807) is 36.1 Å². The molecule has 6 aromatic rings. The number of carbonyl (C=O) groups excluding carboxylic acids is 1. The molecular weight excluding hydrogens is 472 g/mol. The highest BCUT2D eigenvalue weighted by Crippen LogP contribution is 2.33. The van der Waals surface area contributed by atoms with Crippen LogP contribution in [0.2, 0.25) is 0 Å². The smallest absolute Gasteiger partial charge is 0.227 e. The lowest BCUT2D eigenvalue weighted by molar-refractivity contribution is -0.122. The molecular formula is C26H20N8OS. The minimum atomic E-state index is 0.0621. The first kappa shape index (κ1) is 20.9. The Hall–Kier alpha value is -4.44. The van der Waals surface area contributed by atoms with E-state index in [-0.39, 0.29) is 11.8 Å². The largest absolute Gasteiger partial charge is 0.335 e. The minimum Gasteiger partial charge on any atom is -0.335 e. The van der Waals surface area contributed by atoms with E-state index in [0.29, 0.717) is 22.9 Å². The normalized spacial score (nSPS) is 13.8. The number of hydrogen-bond acceptors (Lipinski definition) is 7.